The highest BCUT2D eigenvalue weighted by Crippen LogP contribution is 2.23. The molecule has 1 saturated heterocycles. The van der Waals surface area contributed by atoms with Crippen LogP contribution in [0.15, 0.2) is 23.1 Å². The molecule has 0 aliphatic carbocycles. The van der Waals surface area contributed by atoms with Crippen LogP contribution >= 0.6 is 0 Å². The number of carbonyl (C=O) groups excluding carboxylic acids is 1. The summed E-state index contributed by atoms with van der Waals surface area (Å²) < 4.78 is 53.7. The molecular weight excluding hydrogens is 364 g/mol. The molecule has 0 aromatic heterocycles. The van der Waals surface area contributed by atoms with Crippen LogP contribution in [0.1, 0.15) is 26.7 Å². The molecule has 1 heterocycles. The van der Waals surface area contributed by atoms with Gasteiger partial charge < -0.3 is 10.2 Å². The Bertz CT molecular complexity index is 713. The van der Waals surface area contributed by atoms with E-state index in [1.54, 1.807) is 0 Å². The molecule has 0 saturated carbocycles. The Morgan fingerprint density at radius 3 is 2.27 bits per heavy atom. The standard InChI is InChI=1S/C17H25F2N3O3S/c1-13(2)5-4-8-20-17(23)21-9-11-22(12-10-21)26(24,25)16-14(18)6-3-7-15(16)19/h3,6-7,13H,4-5,8-12H2,1-2H3,(H,20,23). The molecule has 26 heavy (non-hydrogen) atoms. The zero-order valence-electron chi connectivity index (χ0n) is 15.0. The van der Waals surface area contributed by atoms with Gasteiger partial charge in [-0.3, -0.25) is 0 Å². The second-order valence-corrected chi connectivity index (χ2v) is 8.58. The third-order valence-corrected chi connectivity index (χ3v) is 6.23. The molecule has 0 bridgehead atoms. The fourth-order valence-electron chi connectivity index (χ4n) is 2.81. The van der Waals surface area contributed by atoms with Gasteiger partial charge >= 0.3 is 6.03 Å². The number of nitrogens with one attached hydrogen (secondary N) is 1. The smallest absolute Gasteiger partial charge is 0.317 e. The van der Waals surface area contributed by atoms with Gasteiger partial charge in [0.05, 0.1) is 0 Å². The van der Waals surface area contributed by atoms with E-state index in [-0.39, 0.29) is 32.2 Å². The zero-order valence-corrected chi connectivity index (χ0v) is 15.9. The number of nitrogens with zero attached hydrogens (tertiary/aromatic N) is 2. The molecule has 1 aromatic rings. The lowest BCUT2D eigenvalue weighted by molar-refractivity contribution is 0.172. The number of carbonyl (C=O) groups is 1. The van der Waals surface area contributed by atoms with E-state index in [1.165, 1.54) is 4.90 Å². The summed E-state index contributed by atoms with van der Waals surface area (Å²) in [4.78, 5) is 12.7. The van der Waals surface area contributed by atoms with E-state index in [2.05, 4.69) is 19.2 Å². The molecule has 2 amide bonds. The zero-order chi connectivity index (χ0) is 19.3. The predicted molar refractivity (Wildman–Crippen MR) is 94.2 cm³/mol. The number of urea groups is 1. The molecule has 0 radical (unpaired) electrons. The first-order valence-corrected chi connectivity index (χ1v) is 10.1. The topological polar surface area (TPSA) is 69.7 Å². The Labute approximate surface area is 153 Å². The fourth-order valence-corrected chi connectivity index (χ4v) is 4.34. The summed E-state index contributed by atoms with van der Waals surface area (Å²) in [6, 6.07) is 2.70. The minimum absolute atomic E-state index is 0.00444. The molecule has 0 atom stereocenters. The number of piperazine rings is 1. The lowest BCUT2D eigenvalue weighted by atomic mass is 10.1. The summed E-state index contributed by atoms with van der Waals surface area (Å²) in [7, 11) is -4.28. The van der Waals surface area contributed by atoms with Crippen LogP contribution < -0.4 is 5.32 Å². The summed E-state index contributed by atoms with van der Waals surface area (Å²) in [6.07, 6.45) is 1.89. The SMILES string of the molecule is CC(C)CCCNC(=O)N1CCN(S(=O)(=O)c2c(F)cccc2F)CC1. The molecule has 0 unspecified atom stereocenters. The summed E-state index contributed by atoms with van der Waals surface area (Å²) in [5.41, 5.74) is 0. The molecule has 1 aromatic carbocycles. The van der Waals surface area contributed by atoms with Crippen LogP contribution in [0.2, 0.25) is 0 Å². The minimum Gasteiger partial charge on any atom is -0.338 e. The Hall–Kier alpha value is -1.74. The number of benzene rings is 1. The Morgan fingerprint density at radius 2 is 1.73 bits per heavy atom. The molecule has 9 heteroatoms. The van der Waals surface area contributed by atoms with E-state index in [0.29, 0.717) is 12.5 Å². The molecule has 1 fully saturated rings. The van der Waals surface area contributed by atoms with Crippen LogP contribution in [-0.4, -0.2) is 56.4 Å². The van der Waals surface area contributed by atoms with Crippen LogP contribution in [0.4, 0.5) is 13.6 Å². The quantitative estimate of drug-likeness (QED) is 0.760. The van der Waals surface area contributed by atoms with Crippen molar-refractivity contribution in [3.05, 3.63) is 29.8 Å². The van der Waals surface area contributed by atoms with Crippen molar-refractivity contribution >= 4 is 16.1 Å². The molecule has 146 valence electrons. The van der Waals surface area contributed by atoms with Gasteiger partial charge in [-0.15, -0.1) is 0 Å². The third kappa shape index (κ3) is 4.91. The van der Waals surface area contributed by atoms with Crippen molar-refractivity contribution in [3.63, 3.8) is 0 Å². The van der Waals surface area contributed by atoms with Crippen molar-refractivity contribution in [2.75, 3.05) is 32.7 Å². The predicted octanol–water partition coefficient (Wildman–Crippen LogP) is 2.42. The van der Waals surface area contributed by atoms with Crippen molar-refractivity contribution in [1.82, 2.24) is 14.5 Å². The van der Waals surface area contributed by atoms with E-state index in [4.69, 9.17) is 0 Å². The maximum absolute atomic E-state index is 13.8. The fraction of sp³-hybridized carbons (Fsp3) is 0.588. The molecule has 6 nitrogen and oxygen atoms in total. The number of sulfonamides is 1. The highest BCUT2D eigenvalue weighted by molar-refractivity contribution is 7.89. The maximum atomic E-state index is 13.8. The normalized spacial score (nSPS) is 16.1. The van der Waals surface area contributed by atoms with E-state index >= 15 is 0 Å². The molecule has 0 spiro atoms. The van der Waals surface area contributed by atoms with E-state index < -0.39 is 26.6 Å². The molecule has 1 N–H and O–H groups in total. The monoisotopic (exact) mass is 389 g/mol. The first-order valence-electron chi connectivity index (χ1n) is 8.70. The summed E-state index contributed by atoms with van der Waals surface area (Å²) in [6.45, 7) is 5.12. The van der Waals surface area contributed by atoms with E-state index in [1.807, 2.05) is 0 Å². The van der Waals surface area contributed by atoms with Crippen molar-refractivity contribution in [2.45, 2.75) is 31.6 Å². The van der Waals surface area contributed by atoms with Gasteiger partial charge in [-0.05, 0) is 30.9 Å². The van der Waals surface area contributed by atoms with Crippen molar-refractivity contribution in [3.8, 4) is 0 Å². The average molecular weight is 389 g/mol. The third-order valence-electron chi connectivity index (χ3n) is 4.28. The number of halogens is 2. The number of hydrogen-bond acceptors (Lipinski definition) is 3. The molecule has 2 rings (SSSR count). The summed E-state index contributed by atoms with van der Waals surface area (Å²) in [5, 5.41) is 2.81. The Kier molecular flexibility index (Phi) is 6.94. The Morgan fingerprint density at radius 1 is 1.15 bits per heavy atom. The van der Waals surface area contributed by atoms with Gasteiger partial charge in [0.15, 0.2) is 4.90 Å². The average Bonchev–Trinajstić information content (AvgIpc) is 2.58. The van der Waals surface area contributed by atoms with Crippen LogP contribution in [0.5, 0.6) is 0 Å². The largest absolute Gasteiger partial charge is 0.338 e. The van der Waals surface area contributed by atoms with Gasteiger partial charge in [0.1, 0.15) is 11.6 Å². The van der Waals surface area contributed by atoms with Crippen LogP contribution in [0, 0.1) is 17.6 Å². The Balaban J connectivity index is 1.92. The van der Waals surface area contributed by atoms with Gasteiger partial charge in [0.25, 0.3) is 0 Å². The lowest BCUT2D eigenvalue weighted by Crippen LogP contribution is -2.53. The van der Waals surface area contributed by atoms with Crippen molar-refractivity contribution in [1.29, 1.82) is 0 Å². The first kappa shape index (κ1) is 20.6. The van der Waals surface area contributed by atoms with Crippen LogP contribution in [0.25, 0.3) is 0 Å². The van der Waals surface area contributed by atoms with Gasteiger partial charge in [-0.1, -0.05) is 19.9 Å². The molecular formula is C17H25F2N3O3S. The van der Waals surface area contributed by atoms with Gasteiger partial charge in [-0.2, -0.15) is 4.31 Å². The highest BCUT2D eigenvalue weighted by atomic mass is 32.2. The lowest BCUT2D eigenvalue weighted by Gasteiger charge is -2.34. The second kappa shape index (κ2) is 8.77. The van der Waals surface area contributed by atoms with Gasteiger partial charge in [0.2, 0.25) is 10.0 Å². The number of amides is 2. The molecule has 1 aliphatic rings. The van der Waals surface area contributed by atoms with E-state index in [0.717, 1.165) is 35.3 Å². The highest BCUT2D eigenvalue weighted by Gasteiger charge is 2.33. The van der Waals surface area contributed by atoms with Crippen molar-refractivity contribution in [2.24, 2.45) is 5.92 Å². The first-order chi connectivity index (χ1) is 12.2. The van der Waals surface area contributed by atoms with Crippen molar-refractivity contribution < 1.29 is 22.0 Å². The number of rotatable bonds is 6. The second-order valence-electron chi connectivity index (χ2n) is 6.71. The van der Waals surface area contributed by atoms with Gasteiger partial charge in [-0.25, -0.2) is 22.0 Å². The summed E-state index contributed by atoms with van der Waals surface area (Å²) in [5.74, 6) is -1.66. The molecule has 1 aliphatic heterocycles. The van der Waals surface area contributed by atoms with E-state index in [9.17, 15) is 22.0 Å². The van der Waals surface area contributed by atoms with Gasteiger partial charge in [0, 0.05) is 32.7 Å². The number of hydrogen-bond donors (Lipinski definition) is 1. The van der Waals surface area contributed by atoms with Crippen LogP contribution in [0.3, 0.4) is 0 Å². The minimum atomic E-state index is -4.28. The maximum Gasteiger partial charge on any atom is 0.317 e. The van der Waals surface area contributed by atoms with Crippen LogP contribution in [-0.2, 0) is 10.0 Å². The summed E-state index contributed by atoms with van der Waals surface area (Å²) >= 11 is 0.